The van der Waals surface area contributed by atoms with Crippen molar-refractivity contribution in [2.75, 3.05) is 5.32 Å². The zero-order chi connectivity index (χ0) is 16.9. The lowest BCUT2D eigenvalue weighted by Crippen LogP contribution is -2.23. The SMILES string of the molecule is CC(Sc1nnnn1Cc1ccco1)C(=O)Nc1cccnc1Cl. The molecule has 0 aliphatic heterocycles. The number of anilines is 1. The molecule has 0 bridgehead atoms. The summed E-state index contributed by atoms with van der Waals surface area (Å²) in [6.07, 6.45) is 3.14. The van der Waals surface area contributed by atoms with Gasteiger partial charge in [-0.1, -0.05) is 23.4 Å². The van der Waals surface area contributed by atoms with Gasteiger partial charge in [0.2, 0.25) is 11.1 Å². The second kappa shape index (κ2) is 7.45. The lowest BCUT2D eigenvalue weighted by molar-refractivity contribution is -0.115. The molecule has 0 fully saturated rings. The van der Waals surface area contributed by atoms with E-state index in [0.29, 0.717) is 17.4 Å². The Morgan fingerprint density at radius 1 is 1.46 bits per heavy atom. The van der Waals surface area contributed by atoms with Crippen molar-refractivity contribution in [3.8, 4) is 0 Å². The maximum absolute atomic E-state index is 12.3. The smallest absolute Gasteiger partial charge is 0.237 e. The summed E-state index contributed by atoms with van der Waals surface area (Å²) < 4.78 is 6.85. The normalized spacial score (nSPS) is 12.1. The maximum Gasteiger partial charge on any atom is 0.237 e. The van der Waals surface area contributed by atoms with Gasteiger partial charge in [0, 0.05) is 6.20 Å². The molecule has 0 saturated carbocycles. The molecule has 0 spiro atoms. The molecule has 1 unspecified atom stereocenters. The second-order valence-electron chi connectivity index (χ2n) is 4.79. The van der Waals surface area contributed by atoms with Crippen molar-refractivity contribution in [3.63, 3.8) is 0 Å². The van der Waals surface area contributed by atoms with Crippen LogP contribution in [0.15, 0.2) is 46.3 Å². The number of nitrogens with zero attached hydrogens (tertiary/aromatic N) is 5. The first-order valence-corrected chi connectivity index (χ1v) is 8.26. The number of thioether (sulfide) groups is 1. The Morgan fingerprint density at radius 3 is 3.08 bits per heavy atom. The Bertz CT molecular complexity index is 822. The van der Waals surface area contributed by atoms with Gasteiger partial charge in [0.05, 0.1) is 17.2 Å². The molecule has 3 aromatic heterocycles. The van der Waals surface area contributed by atoms with Gasteiger partial charge in [-0.05, 0) is 41.6 Å². The Kier molecular flexibility index (Phi) is 5.11. The fourth-order valence-corrected chi connectivity index (χ4v) is 2.81. The molecule has 3 rings (SSSR count). The van der Waals surface area contributed by atoms with Gasteiger partial charge in [0.1, 0.15) is 12.3 Å². The number of nitrogens with one attached hydrogen (secondary N) is 1. The van der Waals surface area contributed by atoms with E-state index in [1.165, 1.54) is 11.8 Å². The summed E-state index contributed by atoms with van der Waals surface area (Å²) in [6.45, 7) is 2.15. The molecule has 3 aromatic rings. The van der Waals surface area contributed by atoms with Crippen LogP contribution in [0.25, 0.3) is 0 Å². The van der Waals surface area contributed by atoms with Gasteiger partial charge in [-0.3, -0.25) is 4.79 Å². The van der Waals surface area contributed by atoms with Gasteiger partial charge in [-0.25, -0.2) is 9.67 Å². The van der Waals surface area contributed by atoms with Crippen molar-refractivity contribution in [1.82, 2.24) is 25.2 Å². The minimum Gasteiger partial charge on any atom is -0.467 e. The van der Waals surface area contributed by atoms with Gasteiger partial charge in [0.25, 0.3) is 0 Å². The third kappa shape index (κ3) is 3.92. The first kappa shape index (κ1) is 16.5. The molecule has 124 valence electrons. The zero-order valence-electron chi connectivity index (χ0n) is 12.6. The molecule has 0 aliphatic carbocycles. The number of furan rings is 1. The highest BCUT2D eigenvalue weighted by atomic mass is 35.5. The first-order valence-electron chi connectivity index (χ1n) is 7.00. The topological polar surface area (TPSA) is 98.7 Å². The van der Waals surface area contributed by atoms with Gasteiger partial charge in [0.15, 0.2) is 5.15 Å². The quantitative estimate of drug-likeness (QED) is 0.529. The van der Waals surface area contributed by atoms with Crippen LogP contribution in [-0.4, -0.2) is 36.3 Å². The fourth-order valence-electron chi connectivity index (χ4n) is 1.86. The minimum absolute atomic E-state index is 0.220. The molecule has 10 heteroatoms. The standard InChI is InChI=1S/C14H13ClN6O2S/c1-9(13(22)17-11-5-2-6-16-12(11)15)24-14-18-19-20-21(14)8-10-4-3-7-23-10/h2-7,9H,8H2,1H3,(H,17,22). The average molecular weight is 365 g/mol. The zero-order valence-corrected chi connectivity index (χ0v) is 14.2. The van der Waals surface area contributed by atoms with E-state index in [4.69, 9.17) is 16.0 Å². The van der Waals surface area contributed by atoms with Crippen LogP contribution in [0.5, 0.6) is 0 Å². The van der Waals surface area contributed by atoms with Gasteiger partial charge in [-0.2, -0.15) is 0 Å². The molecule has 0 aliphatic rings. The van der Waals surface area contributed by atoms with Crippen LogP contribution in [0.4, 0.5) is 5.69 Å². The highest BCUT2D eigenvalue weighted by Crippen LogP contribution is 2.24. The first-order chi connectivity index (χ1) is 11.6. The van der Waals surface area contributed by atoms with Gasteiger partial charge >= 0.3 is 0 Å². The van der Waals surface area contributed by atoms with Crippen LogP contribution >= 0.6 is 23.4 Å². The predicted octanol–water partition coefficient (Wildman–Crippen LogP) is 2.48. The van der Waals surface area contributed by atoms with E-state index in [1.807, 2.05) is 6.07 Å². The number of tetrazole rings is 1. The number of pyridine rings is 1. The van der Waals surface area contributed by atoms with E-state index < -0.39 is 5.25 Å². The Hall–Kier alpha value is -2.39. The summed E-state index contributed by atoms with van der Waals surface area (Å²) in [5.41, 5.74) is 0.465. The van der Waals surface area contributed by atoms with E-state index in [2.05, 4.69) is 25.8 Å². The molecular formula is C14H13ClN6O2S. The Labute approximate surface area is 146 Å². The fraction of sp³-hybridized carbons (Fsp3) is 0.214. The summed E-state index contributed by atoms with van der Waals surface area (Å²) >= 11 is 7.18. The molecule has 8 nitrogen and oxygen atoms in total. The van der Waals surface area contributed by atoms with Crippen LogP contribution in [-0.2, 0) is 11.3 Å². The molecular weight excluding hydrogens is 352 g/mol. The van der Waals surface area contributed by atoms with Crippen molar-refractivity contribution in [2.24, 2.45) is 0 Å². The number of hydrogen-bond acceptors (Lipinski definition) is 7. The second-order valence-corrected chi connectivity index (χ2v) is 6.46. The molecule has 0 radical (unpaired) electrons. The Balaban J connectivity index is 1.64. The monoisotopic (exact) mass is 364 g/mol. The van der Waals surface area contributed by atoms with Gasteiger partial charge < -0.3 is 9.73 Å². The molecule has 3 heterocycles. The summed E-state index contributed by atoms with van der Waals surface area (Å²) in [7, 11) is 0. The third-order valence-electron chi connectivity index (χ3n) is 3.05. The summed E-state index contributed by atoms with van der Waals surface area (Å²) in [4.78, 5) is 16.2. The number of halogens is 1. The average Bonchev–Trinajstić information content (AvgIpc) is 3.22. The van der Waals surface area contributed by atoms with Crippen LogP contribution in [0.1, 0.15) is 12.7 Å². The number of amides is 1. The highest BCUT2D eigenvalue weighted by Gasteiger charge is 2.20. The minimum atomic E-state index is -0.428. The number of carbonyl (C=O) groups excluding carboxylic acids is 1. The van der Waals surface area contributed by atoms with Crippen LogP contribution in [0, 0.1) is 0 Å². The van der Waals surface area contributed by atoms with E-state index >= 15 is 0 Å². The molecule has 0 saturated heterocycles. The highest BCUT2D eigenvalue weighted by molar-refractivity contribution is 8.00. The van der Waals surface area contributed by atoms with E-state index in [-0.39, 0.29) is 11.1 Å². The number of carbonyl (C=O) groups is 1. The van der Waals surface area contributed by atoms with E-state index in [1.54, 1.807) is 42.3 Å². The molecule has 1 amide bonds. The van der Waals surface area contributed by atoms with Crippen molar-refractivity contribution in [3.05, 3.63) is 47.6 Å². The molecule has 0 aromatic carbocycles. The van der Waals surface area contributed by atoms with Crippen molar-refractivity contribution in [1.29, 1.82) is 0 Å². The molecule has 24 heavy (non-hydrogen) atoms. The Morgan fingerprint density at radius 2 is 2.33 bits per heavy atom. The molecule has 1 N–H and O–H groups in total. The number of hydrogen-bond donors (Lipinski definition) is 1. The molecule has 1 atom stereocenters. The number of rotatable bonds is 6. The van der Waals surface area contributed by atoms with Crippen LogP contribution in [0.2, 0.25) is 5.15 Å². The number of aromatic nitrogens is 5. The summed E-state index contributed by atoms with van der Waals surface area (Å²) in [5, 5.41) is 14.6. The van der Waals surface area contributed by atoms with Crippen molar-refractivity contribution >= 4 is 35.0 Å². The van der Waals surface area contributed by atoms with Crippen LogP contribution in [0.3, 0.4) is 0 Å². The summed E-state index contributed by atoms with van der Waals surface area (Å²) in [6, 6.07) is 7.01. The van der Waals surface area contributed by atoms with Gasteiger partial charge in [-0.15, -0.1) is 5.10 Å². The van der Waals surface area contributed by atoms with Crippen molar-refractivity contribution in [2.45, 2.75) is 23.9 Å². The summed E-state index contributed by atoms with van der Waals surface area (Å²) in [5.74, 6) is 0.505. The van der Waals surface area contributed by atoms with Crippen molar-refractivity contribution < 1.29 is 9.21 Å². The largest absolute Gasteiger partial charge is 0.467 e. The van der Waals surface area contributed by atoms with Crippen LogP contribution < -0.4 is 5.32 Å². The maximum atomic E-state index is 12.3. The lowest BCUT2D eigenvalue weighted by atomic mass is 10.4. The van der Waals surface area contributed by atoms with E-state index in [9.17, 15) is 4.79 Å². The lowest BCUT2D eigenvalue weighted by Gasteiger charge is -2.11. The predicted molar refractivity (Wildman–Crippen MR) is 88.8 cm³/mol. The van der Waals surface area contributed by atoms with E-state index in [0.717, 1.165) is 5.76 Å². The third-order valence-corrected chi connectivity index (χ3v) is 4.43.